The first-order chi connectivity index (χ1) is 17.5. The Bertz CT molecular complexity index is 1210. The van der Waals surface area contributed by atoms with Crippen LogP contribution in [0.5, 0.6) is 5.88 Å². The summed E-state index contributed by atoms with van der Waals surface area (Å²) in [6, 6.07) is 2.22. The molecule has 0 bridgehead atoms. The summed E-state index contributed by atoms with van der Waals surface area (Å²) in [4.78, 5) is 29.2. The van der Waals surface area contributed by atoms with Gasteiger partial charge in [-0.15, -0.1) is 0 Å². The molecule has 3 heterocycles. The summed E-state index contributed by atoms with van der Waals surface area (Å²) in [7, 11) is 1.67. The number of carbonyl (C=O) groups is 1. The van der Waals surface area contributed by atoms with Gasteiger partial charge in [-0.1, -0.05) is 0 Å². The summed E-state index contributed by atoms with van der Waals surface area (Å²) in [5.41, 5.74) is 0.483. The van der Waals surface area contributed by atoms with Crippen LogP contribution >= 0.6 is 0 Å². The average Bonchev–Trinajstić information content (AvgIpc) is 3.77. The summed E-state index contributed by atoms with van der Waals surface area (Å²) in [5.74, 6) is 1.30. The highest BCUT2D eigenvalue weighted by molar-refractivity contribution is 6.14. The zero-order valence-electron chi connectivity index (χ0n) is 20.7. The van der Waals surface area contributed by atoms with E-state index in [1.807, 2.05) is 0 Å². The molecule has 0 unspecified atom stereocenters. The molecule has 37 heavy (non-hydrogen) atoms. The Hall–Kier alpha value is -3.64. The Morgan fingerprint density at radius 3 is 2.57 bits per heavy atom. The Morgan fingerprint density at radius 2 is 2.03 bits per heavy atom. The predicted molar refractivity (Wildman–Crippen MR) is 128 cm³/mol. The lowest BCUT2D eigenvalue weighted by atomic mass is 9.99. The molecule has 13 heteroatoms. The number of pyridine rings is 1. The third-order valence-electron chi connectivity index (χ3n) is 6.59. The average molecular weight is 520 g/mol. The second-order valence-electron chi connectivity index (χ2n) is 9.76. The summed E-state index contributed by atoms with van der Waals surface area (Å²) >= 11 is 0. The van der Waals surface area contributed by atoms with Gasteiger partial charge in [-0.2, -0.15) is 13.2 Å². The molecule has 198 valence electrons. The number of amidine groups is 1. The van der Waals surface area contributed by atoms with Crippen molar-refractivity contribution in [3.8, 4) is 5.88 Å². The van der Waals surface area contributed by atoms with Crippen molar-refractivity contribution in [3.05, 3.63) is 29.7 Å². The van der Waals surface area contributed by atoms with Gasteiger partial charge in [-0.05, 0) is 45.6 Å². The van der Waals surface area contributed by atoms with Crippen molar-refractivity contribution >= 4 is 29.3 Å². The second-order valence-corrected chi connectivity index (χ2v) is 9.76. The summed E-state index contributed by atoms with van der Waals surface area (Å²) in [6.07, 6.45) is 0.580. The van der Waals surface area contributed by atoms with E-state index >= 15 is 0 Å². The lowest BCUT2D eigenvalue weighted by Crippen LogP contribution is -2.43. The van der Waals surface area contributed by atoms with E-state index in [0.29, 0.717) is 41.6 Å². The first-order valence-electron chi connectivity index (χ1n) is 12.1. The normalized spacial score (nSPS) is 17.7. The number of nitrogens with one attached hydrogen (secondary N) is 2. The quantitative estimate of drug-likeness (QED) is 0.399. The van der Waals surface area contributed by atoms with Crippen molar-refractivity contribution in [3.63, 3.8) is 0 Å². The van der Waals surface area contributed by atoms with Gasteiger partial charge in [0.25, 0.3) is 6.02 Å². The minimum atomic E-state index is -4.49. The summed E-state index contributed by atoms with van der Waals surface area (Å²) in [6.45, 7) is 1.43. The van der Waals surface area contributed by atoms with Crippen LogP contribution in [-0.2, 0) is 21.6 Å². The molecule has 0 aromatic carbocycles. The van der Waals surface area contributed by atoms with Gasteiger partial charge in [0, 0.05) is 19.2 Å². The smallest absolute Gasteiger partial charge is 0.406 e. The number of hydrogen-bond donors (Lipinski definition) is 2. The minimum absolute atomic E-state index is 0.126. The number of hydrogen-bond acceptors (Lipinski definition) is 8. The fourth-order valence-corrected chi connectivity index (χ4v) is 4.42. The number of aromatic nitrogens is 3. The molecular formula is C24H28F3N7O3. The zero-order valence-corrected chi connectivity index (χ0v) is 20.7. The third-order valence-corrected chi connectivity index (χ3v) is 6.59. The molecule has 2 aliphatic carbocycles. The van der Waals surface area contributed by atoms with Crippen LogP contribution in [0.15, 0.2) is 18.3 Å². The third kappa shape index (κ3) is 4.86. The molecule has 1 aliphatic heterocycles. The predicted octanol–water partition coefficient (Wildman–Crippen LogP) is 3.89. The van der Waals surface area contributed by atoms with E-state index in [4.69, 9.17) is 14.9 Å². The number of nitrogens with zero attached hydrogens (tertiary/aromatic N) is 5. The highest BCUT2D eigenvalue weighted by Crippen LogP contribution is 2.60. The molecule has 2 aromatic heterocycles. The maximum Gasteiger partial charge on any atom is 0.406 e. The molecule has 3 aliphatic rings. The molecule has 5 rings (SSSR count). The molecule has 1 amide bonds. The highest BCUT2D eigenvalue weighted by Gasteiger charge is 2.62. The van der Waals surface area contributed by atoms with E-state index < -0.39 is 30.2 Å². The van der Waals surface area contributed by atoms with Gasteiger partial charge in [-0.3, -0.25) is 15.1 Å². The van der Waals surface area contributed by atoms with Crippen molar-refractivity contribution in [2.45, 2.75) is 69.9 Å². The van der Waals surface area contributed by atoms with Gasteiger partial charge >= 0.3 is 6.18 Å². The maximum atomic E-state index is 13.6. The van der Waals surface area contributed by atoms with E-state index in [0.717, 1.165) is 17.7 Å². The molecule has 2 N–H and O–H groups in total. The Balaban J connectivity index is 1.42. The van der Waals surface area contributed by atoms with Gasteiger partial charge in [0.15, 0.2) is 12.4 Å². The van der Waals surface area contributed by atoms with Crippen LogP contribution in [0.2, 0.25) is 0 Å². The molecule has 0 radical (unpaired) electrons. The summed E-state index contributed by atoms with van der Waals surface area (Å²) in [5, 5.41) is 11.1. The molecule has 0 atom stereocenters. The van der Waals surface area contributed by atoms with Gasteiger partial charge < -0.3 is 19.7 Å². The van der Waals surface area contributed by atoms with Crippen LogP contribution in [0.1, 0.15) is 50.9 Å². The number of fused-ring (bicyclic) bond motifs is 2. The Kier molecular flexibility index (Phi) is 6.11. The van der Waals surface area contributed by atoms with Gasteiger partial charge in [0.1, 0.15) is 24.3 Å². The maximum absolute atomic E-state index is 13.6. The molecular weight excluding hydrogens is 491 g/mol. The van der Waals surface area contributed by atoms with E-state index in [9.17, 15) is 18.0 Å². The second kappa shape index (κ2) is 9.03. The largest absolute Gasteiger partial charge is 0.474 e. The molecule has 2 fully saturated rings. The van der Waals surface area contributed by atoms with Crippen molar-refractivity contribution in [1.29, 1.82) is 5.41 Å². The van der Waals surface area contributed by atoms with Crippen molar-refractivity contribution < 1.29 is 27.4 Å². The Labute approximate surface area is 211 Å². The number of anilines is 3. The van der Waals surface area contributed by atoms with Crippen LogP contribution in [0, 0.1) is 5.41 Å². The van der Waals surface area contributed by atoms with Crippen molar-refractivity contribution in [2.24, 2.45) is 0 Å². The van der Waals surface area contributed by atoms with Crippen LogP contribution in [0.4, 0.5) is 30.5 Å². The zero-order chi connectivity index (χ0) is 26.5. The van der Waals surface area contributed by atoms with Crippen molar-refractivity contribution in [1.82, 2.24) is 19.9 Å². The lowest BCUT2D eigenvalue weighted by Gasteiger charge is -2.29. The number of halogens is 3. The number of ether oxygens (including phenoxy) is 2. The van der Waals surface area contributed by atoms with E-state index in [1.54, 1.807) is 39.2 Å². The Morgan fingerprint density at radius 1 is 1.30 bits per heavy atom. The van der Waals surface area contributed by atoms with Gasteiger partial charge in [-0.25, -0.2) is 15.0 Å². The fraction of sp³-hybridized carbons (Fsp3) is 0.542. The monoisotopic (exact) mass is 519 g/mol. The molecule has 2 saturated carbocycles. The first kappa shape index (κ1) is 25.0. The highest BCUT2D eigenvalue weighted by atomic mass is 19.4. The first-order valence-corrected chi connectivity index (χ1v) is 12.1. The van der Waals surface area contributed by atoms with Crippen LogP contribution in [-0.4, -0.2) is 63.7 Å². The molecule has 2 aromatic rings. The van der Waals surface area contributed by atoms with Crippen LogP contribution in [0.25, 0.3) is 0 Å². The summed E-state index contributed by atoms with van der Waals surface area (Å²) < 4.78 is 50.0. The van der Waals surface area contributed by atoms with Crippen LogP contribution < -0.4 is 15.0 Å². The van der Waals surface area contributed by atoms with E-state index in [-0.39, 0.29) is 24.4 Å². The lowest BCUT2D eigenvalue weighted by molar-refractivity contribution is -0.142. The standard InChI is InChI=1S/C24H28F3N7O3/c1-13(2)33(12-24(25,26)27)22(28)36-11-16-31-19(29-3)18-20(32-16)34(21(35)23(18)8-9-23)14-4-7-17(30-10-14)37-15-5-6-15/h4,7,10,13,15,28H,5-6,8-9,11-12H2,1-3H3,(H,29,31,32). The fourth-order valence-electron chi connectivity index (χ4n) is 4.42. The minimum Gasteiger partial charge on any atom is -0.474 e. The molecule has 0 saturated heterocycles. The van der Waals surface area contributed by atoms with Crippen molar-refractivity contribution in [2.75, 3.05) is 23.8 Å². The topological polar surface area (TPSA) is 117 Å². The SMILES string of the molecule is CNc1nc(COC(=N)N(CC(F)(F)F)C(C)C)nc2c1C1(CC1)C(=O)N2c1ccc(OC2CC2)nc1. The van der Waals surface area contributed by atoms with Gasteiger partial charge in [0.2, 0.25) is 11.8 Å². The van der Waals surface area contributed by atoms with Gasteiger partial charge in [0.05, 0.1) is 22.9 Å². The number of carbonyl (C=O) groups excluding carboxylic acids is 1. The molecule has 10 nitrogen and oxygen atoms in total. The van der Waals surface area contributed by atoms with E-state index in [1.165, 1.54) is 4.90 Å². The van der Waals surface area contributed by atoms with E-state index in [2.05, 4.69) is 20.3 Å². The number of amides is 1. The molecule has 1 spiro atoms. The van der Waals surface area contributed by atoms with Crippen LogP contribution in [0.3, 0.4) is 0 Å². The number of rotatable bonds is 8. The number of alkyl halides is 3.